The Labute approximate surface area is 112 Å². The number of hydrogen-bond donors (Lipinski definition) is 2. The Balaban J connectivity index is 2.39. The number of amides is 1. The highest BCUT2D eigenvalue weighted by Gasteiger charge is 2.24. The second kappa shape index (κ2) is 5.59. The normalized spacial score (nSPS) is 18.9. The van der Waals surface area contributed by atoms with Crippen molar-refractivity contribution in [3.05, 3.63) is 28.8 Å². The summed E-state index contributed by atoms with van der Waals surface area (Å²) in [4.78, 5) is 13.7. The van der Waals surface area contributed by atoms with Crippen LogP contribution in [-0.2, 0) is 0 Å². The van der Waals surface area contributed by atoms with E-state index in [4.69, 9.17) is 17.3 Å². The molecule has 1 aliphatic heterocycles. The summed E-state index contributed by atoms with van der Waals surface area (Å²) in [5, 5.41) is 3.95. The van der Waals surface area contributed by atoms with Crippen LogP contribution in [0.15, 0.2) is 18.2 Å². The number of carbonyl (C=O) groups is 1. The highest BCUT2D eigenvalue weighted by molar-refractivity contribution is 6.31. The van der Waals surface area contributed by atoms with E-state index >= 15 is 0 Å². The summed E-state index contributed by atoms with van der Waals surface area (Å²) in [6, 6.07) is 5.62. The summed E-state index contributed by atoms with van der Waals surface area (Å²) in [6.45, 7) is 4.84. The van der Waals surface area contributed by atoms with Gasteiger partial charge in [0.2, 0.25) is 0 Å². The monoisotopic (exact) mass is 267 g/mol. The van der Waals surface area contributed by atoms with Crippen molar-refractivity contribution in [2.45, 2.75) is 19.4 Å². The first kappa shape index (κ1) is 13.2. The summed E-state index contributed by atoms with van der Waals surface area (Å²) < 4.78 is 0. The third-order valence-electron chi connectivity index (χ3n) is 3.35. The number of primary amides is 1. The Morgan fingerprint density at radius 3 is 2.94 bits per heavy atom. The molecule has 1 saturated heterocycles. The number of likely N-dealkylation sites (N-methyl/N-ethyl adjacent to an activating group) is 1. The number of benzene rings is 1. The van der Waals surface area contributed by atoms with Gasteiger partial charge in [-0.25, -0.2) is 0 Å². The first-order valence-electron chi connectivity index (χ1n) is 6.20. The molecule has 3 N–H and O–H groups in total. The number of nitrogens with two attached hydrogens (primary N) is 1. The summed E-state index contributed by atoms with van der Waals surface area (Å²) in [5.41, 5.74) is 6.81. The number of halogens is 1. The standard InChI is InChI=1S/C13H18ClN3O/c1-2-17(10-5-6-16-8-10)12-7-9(14)3-4-11(12)13(15)18/h3-4,7,10,16H,2,5-6,8H2,1H3,(H2,15,18). The van der Waals surface area contributed by atoms with E-state index in [2.05, 4.69) is 17.1 Å². The molecule has 1 atom stereocenters. The number of anilines is 1. The summed E-state index contributed by atoms with van der Waals surface area (Å²) in [6.07, 6.45) is 1.07. The molecule has 18 heavy (non-hydrogen) atoms. The SMILES string of the molecule is CCN(c1cc(Cl)ccc1C(N)=O)C1CCNC1. The molecule has 1 amide bonds. The molecule has 1 unspecified atom stereocenters. The van der Waals surface area contributed by atoms with Crippen LogP contribution in [0.4, 0.5) is 5.69 Å². The number of rotatable bonds is 4. The Morgan fingerprint density at radius 1 is 1.61 bits per heavy atom. The topological polar surface area (TPSA) is 58.4 Å². The maximum Gasteiger partial charge on any atom is 0.250 e. The van der Waals surface area contributed by atoms with Gasteiger partial charge in [-0.2, -0.15) is 0 Å². The Hall–Kier alpha value is -1.26. The summed E-state index contributed by atoms with van der Waals surface area (Å²) in [7, 11) is 0. The fourth-order valence-electron chi connectivity index (χ4n) is 2.48. The van der Waals surface area contributed by atoms with Crippen molar-refractivity contribution in [1.82, 2.24) is 5.32 Å². The van der Waals surface area contributed by atoms with Crippen molar-refractivity contribution in [3.8, 4) is 0 Å². The maximum absolute atomic E-state index is 11.5. The predicted octanol–water partition coefficient (Wildman–Crippen LogP) is 1.63. The first-order valence-corrected chi connectivity index (χ1v) is 6.58. The van der Waals surface area contributed by atoms with Crippen LogP contribution in [0.2, 0.25) is 5.02 Å². The highest BCUT2D eigenvalue weighted by Crippen LogP contribution is 2.27. The summed E-state index contributed by atoms with van der Waals surface area (Å²) >= 11 is 6.03. The fraction of sp³-hybridized carbons (Fsp3) is 0.462. The van der Waals surface area contributed by atoms with E-state index in [1.54, 1.807) is 12.1 Å². The Kier molecular flexibility index (Phi) is 4.09. The van der Waals surface area contributed by atoms with E-state index < -0.39 is 5.91 Å². The van der Waals surface area contributed by atoms with Crippen molar-refractivity contribution in [1.29, 1.82) is 0 Å². The molecule has 1 aromatic carbocycles. The minimum absolute atomic E-state index is 0.395. The lowest BCUT2D eigenvalue weighted by Crippen LogP contribution is -2.38. The van der Waals surface area contributed by atoms with E-state index in [9.17, 15) is 4.79 Å². The second-order valence-corrected chi connectivity index (χ2v) is 4.89. The zero-order valence-corrected chi connectivity index (χ0v) is 11.2. The lowest BCUT2D eigenvalue weighted by Gasteiger charge is -2.31. The molecule has 1 heterocycles. The number of nitrogens with one attached hydrogen (secondary N) is 1. The molecule has 5 heteroatoms. The lowest BCUT2D eigenvalue weighted by atomic mass is 10.1. The minimum atomic E-state index is -0.411. The van der Waals surface area contributed by atoms with E-state index in [0.717, 1.165) is 31.7 Å². The number of hydrogen-bond acceptors (Lipinski definition) is 3. The van der Waals surface area contributed by atoms with Crippen molar-refractivity contribution in [2.75, 3.05) is 24.5 Å². The molecule has 0 radical (unpaired) electrons. The van der Waals surface area contributed by atoms with Crippen molar-refractivity contribution >= 4 is 23.2 Å². The van der Waals surface area contributed by atoms with Gasteiger partial charge in [0, 0.05) is 24.2 Å². The van der Waals surface area contributed by atoms with E-state index in [0.29, 0.717) is 16.6 Å². The van der Waals surface area contributed by atoms with Crippen LogP contribution in [0.3, 0.4) is 0 Å². The quantitative estimate of drug-likeness (QED) is 0.872. The van der Waals surface area contributed by atoms with E-state index in [1.165, 1.54) is 0 Å². The highest BCUT2D eigenvalue weighted by atomic mass is 35.5. The van der Waals surface area contributed by atoms with Crippen molar-refractivity contribution < 1.29 is 4.79 Å². The molecule has 0 spiro atoms. The van der Waals surface area contributed by atoms with Crippen molar-refractivity contribution in [2.24, 2.45) is 5.73 Å². The molecule has 4 nitrogen and oxygen atoms in total. The second-order valence-electron chi connectivity index (χ2n) is 4.46. The average Bonchev–Trinajstić information content (AvgIpc) is 2.83. The van der Waals surface area contributed by atoms with Gasteiger partial charge in [0.1, 0.15) is 0 Å². The minimum Gasteiger partial charge on any atom is -0.367 e. The van der Waals surface area contributed by atoms with Gasteiger partial charge in [-0.15, -0.1) is 0 Å². The van der Waals surface area contributed by atoms with Gasteiger partial charge < -0.3 is 16.0 Å². The molecule has 1 aliphatic rings. The third-order valence-corrected chi connectivity index (χ3v) is 3.59. The Bertz CT molecular complexity index is 444. The smallest absolute Gasteiger partial charge is 0.250 e. The average molecular weight is 268 g/mol. The molecule has 1 aromatic rings. The number of nitrogens with zero attached hydrogens (tertiary/aromatic N) is 1. The molecule has 0 aliphatic carbocycles. The van der Waals surface area contributed by atoms with Gasteiger partial charge in [-0.1, -0.05) is 11.6 Å². The van der Waals surface area contributed by atoms with E-state index in [-0.39, 0.29) is 0 Å². The van der Waals surface area contributed by atoms with Gasteiger partial charge in [0.15, 0.2) is 0 Å². The van der Waals surface area contributed by atoms with Gasteiger partial charge in [0.05, 0.1) is 11.3 Å². The zero-order chi connectivity index (χ0) is 13.1. The van der Waals surface area contributed by atoms with Gasteiger partial charge in [-0.05, 0) is 38.1 Å². The first-order chi connectivity index (χ1) is 8.63. The third kappa shape index (κ3) is 2.60. The molecular weight excluding hydrogens is 250 g/mol. The van der Waals surface area contributed by atoms with Gasteiger partial charge >= 0.3 is 0 Å². The fourth-order valence-corrected chi connectivity index (χ4v) is 2.65. The molecule has 1 fully saturated rings. The van der Waals surface area contributed by atoms with E-state index in [1.807, 2.05) is 6.07 Å². The Morgan fingerprint density at radius 2 is 2.39 bits per heavy atom. The van der Waals surface area contributed by atoms with Crippen LogP contribution >= 0.6 is 11.6 Å². The number of carbonyl (C=O) groups excluding carboxylic acids is 1. The molecule has 0 bridgehead atoms. The van der Waals surface area contributed by atoms with Crippen LogP contribution in [0, 0.1) is 0 Å². The molecular formula is C13H18ClN3O. The molecule has 0 aromatic heterocycles. The summed E-state index contributed by atoms with van der Waals surface area (Å²) in [5.74, 6) is -0.411. The zero-order valence-electron chi connectivity index (χ0n) is 10.4. The van der Waals surface area contributed by atoms with Crippen LogP contribution in [0.1, 0.15) is 23.7 Å². The van der Waals surface area contributed by atoms with Crippen LogP contribution in [-0.4, -0.2) is 31.6 Å². The predicted molar refractivity (Wildman–Crippen MR) is 74.3 cm³/mol. The van der Waals surface area contributed by atoms with Gasteiger partial charge in [0.25, 0.3) is 5.91 Å². The lowest BCUT2D eigenvalue weighted by molar-refractivity contribution is 0.100. The molecule has 2 rings (SSSR count). The van der Waals surface area contributed by atoms with Crippen LogP contribution in [0.5, 0.6) is 0 Å². The molecule has 98 valence electrons. The maximum atomic E-state index is 11.5. The van der Waals surface area contributed by atoms with Gasteiger partial charge in [-0.3, -0.25) is 4.79 Å². The molecule has 0 saturated carbocycles. The van der Waals surface area contributed by atoms with Crippen LogP contribution in [0.25, 0.3) is 0 Å². The largest absolute Gasteiger partial charge is 0.367 e. The van der Waals surface area contributed by atoms with Crippen molar-refractivity contribution in [3.63, 3.8) is 0 Å². The van der Waals surface area contributed by atoms with Crippen LogP contribution < -0.4 is 16.0 Å².